The molecule has 2 atom stereocenters. The number of ether oxygens (including phenoxy) is 1. The van der Waals surface area contributed by atoms with Crippen LogP contribution in [0.3, 0.4) is 0 Å². The van der Waals surface area contributed by atoms with E-state index in [-0.39, 0.29) is 17.9 Å². The number of benzene rings is 2. The van der Waals surface area contributed by atoms with E-state index in [0.717, 1.165) is 40.9 Å². The van der Waals surface area contributed by atoms with E-state index >= 15 is 0 Å². The number of carbonyl (C=O) groups is 1. The summed E-state index contributed by atoms with van der Waals surface area (Å²) in [6.45, 7) is 2.90. The van der Waals surface area contributed by atoms with Crippen molar-refractivity contribution >= 4 is 32.9 Å². The predicted octanol–water partition coefficient (Wildman–Crippen LogP) is 2.18. The van der Waals surface area contributed by atoms with Crippen molar-refractivity contribution in [3.63, 3.8) is 0 Å². The SMILES string of the molecule is O=C(NO)[C@H]1Cc2c([nH]c3ccccc23)CN1[S+](=O)(O)c1ccc(N2CCOCC2)cc1. The van der Waals surface area contributed by atoms with E-state index < -0.39 is 22.3 Å². The van der Waals surface area contributed by atoms with Crippen LogP contribution in [0.2, 0.25) is 0 Å². The number of morpholine rings is 1. The maximum Gasteiger partial charge on any atom is 0.326 e. The second-order valence-corrected chi connectivity index (χ2v) is 9.92. The van der Waals surface area contributed by atoms with E-state index in [2.05, 4.69) is 9.88 Å². The first-order valence-corrected chi connectivity index (χ1v) is 11.9. The average molecular weight is 458 g/mol. The number of anilines is 1. The van der Waals surface area contributed by atoms with E-state index in [1.807, 2.05) is 36.4 Å². The molecule has 32 heavy (non-hydrogen) atoms. The molecule has 3 aromatic rings. The van der Waals surface area contributed by atoms with Gasteiger partial charge in [0, 0.05) is 53.9 Å². The number of nitrogens with zero attached hydrogens (tertiary/aromatic N) is 2. The molecule has 4 N–H and O–H groups in total. The minimum absolute atomic E-state index is 0.0721. The van der Waals surface area contributed by atoms with Crippen molar-refractivity contribution in [1.82, 2.24) is 14.8 Å². The van der Waals surface area contributed by atoms with E-state index in [0.29, 0.717) is 13.2 Å². The minimum Gasteiger partial charge on any atom is -0.378 e. The molecule has 0 bridgehead atoms. The highest BCUT2D eigenvalue weighted by molar-refractivity contribution is 7.95. The van der Waals surface area contributed by atoms with Gasteiger partial charge in [0.25, 0.3) is 5.91 Å². The van der Waals surface area contributed by atoms with Crippen LogP contribution in [0.1, 0.15) is 11.3 Å². The van der Waals surface area contributed by atoms with E-state index in [1.165, 1.54) is 4.31 Å². The van der Waals surface area contributed by atoms with Gasteiger partial charge in [-0.25, -0.2) is 5.48 Å². The standard InChI is InChI=1S/C22H24N4O5S/c27-22(24-28)21-13-18-17-3-1-2-4-19(17)23-20(18)14-26(21)32(29,30)16-7-5-15(6-8-16)25-9-11-31-12-10-25/h1-8,21,23H,9-14H2,(H2-,24,27,28,29,30)/p+1/t21-/m1/s1. The molecule has 0 spiro atoms. The van der Waals surface area contributed by atoms with Gasteiger partial charge < -0.3 is 14.6 Å². The van der Waals surface area contributed by atoms with Crippen LogP contribution in [0.15, 0.2) is 53.4 Å². The highest BCUT2D eigenvalue weighted by atomic mass is 32.3. The number of nitrogens with one attached hydrogen (secondary N) is 2. The van der Waals surface area contributed by atoms with Crippen molar-refractivity contribution in [2.75, 3.05) is 31.2 Å². The molecular formula is C22H25N4O5S+. The first kappa shape index (κ1) is 21.1. The topological polar surface area (TPSA) is 118 Å². The first-order valence-electron chi connectivity index (χ1n) is 10.5. The summed E-state index contributed by atoms with van der Waals surface area (Å²) < 4.78 is 31.5. The molecule has 5 rings (SSSR count). The third kappa shape index (κ3) is 3.59. The summed E-state index contributed by atoms with van der Waals surface area (Å²) in [6.07, 6.45) is 0.204. The van der Waals surface area contributed by atoms with Gasteiger partial charge in [-0.3, -0.25) is 10.0 Å². The van der Waals surface area contributed by atoms with Crippen molar-refractivity contribution in [2.24, 2.45) is 0 Å². The Balaban J connectivity index is 1.49. The number of hydroxylamine groups is 1. The first-order chi connectivity index (χ1) is 15.5. The molecule has 0 radical (unpaired) electrons. The molecule has 2 aliphatic rings. The smallest absolute Gasteiger partial charge is 0.326 e. The molecule has 10 heteroatoms. The maximum absolute atomic E-state index is 13.7. The maximum atomic E-state index is 13.7. The van der Waals surface area contributed by atoms with Crippen molar-refractivity contribution in [1.29, 1.82) is 0 Å². The van der Waals surface area contributed by atoms with Crippen LogP contribution in [0.25, 0.3) is 10.9 Å². The third-order valence-corrected chi connectivity index (χ3v) is 8.12. The summed E-state index contributed by atoms with van der Waals surface area (Å²) in [4.78, 5) is 18.2. The lowest BCUT2D eigenvalue weighted by Gasteiger charge is -2.31. The quantitative estimate of drug-likeness (QED) is 0.271. The van der Waals surface area contributed by atoms with Crippen LogP contribution in [0.4, 0.5) is 5.69 Å². The predicted molar refractivity (Wildman–Crippen MR) is 120 cm³/mol. The normalized spacial score (nSPS) is 21.2. The molecule has 168 valence electrons. The van der Waals surface area contributed by atoms with Crippen LogP contribution in [-0.4, -0.2) is 57.3 Å². The van der Waals surface area contributed by atoms with Crippen LogP contribution in [-0.2, 0) is 37.1 Å². The van der Waals surface area contributed by atoms with Crippen molar-refractivity contribution in [3.8, 4) is 0 Å². The zero-order valence-electron chi connectivity index (χ0n) is 17.4. The van der Waals surface area contributed by atoms with Gasteiger partial charge in [0.1, 0.15) is 6.04 Å². The van der Waals surface area contributed by atoms with Gasteiger partial charge in [0.05, 0.1) is 19.8 Å². The molecule has 2 aromatic carbocycles. The van der Waals surface area contributed by atoms with E-state index in [4.69, 9.17) is 4.74 Å². The van der Waals surface area contributed by atoms with Crippen molar-refractivity contribution in [3.05, 3.63) is 59.8 Å². The number of aromatic amines is 1. The zero-order valence-corrected chi connectivity index (χ0v) is 18.2. The van der Waals surface area contributed by atoms with Crippen LogP contribution in [0.5, 0.6) is 0 Å². The van der Waals surface area contributed by atoms with Crippen LogP contribution < -0.4 is 10.4 Å². The molecule has 1 aromatic heterocycles. The Kier molecular flexibility index (Phi) is 5.48. The van der Waals surface area contributed by atoms with Crippen molar-refractivity contribution in [2.45, 2.75) is 23.9 Å². The summed E-state index contributed by atoms with van der Waals surface area (Å²) in [5.41, 5.74) is 5.23. The Bertz CT molecular complexity index is 1190. The Hall–Kier alpha value is -2.76. The molecule has 1 amide bonds. The molecule has 1 unspecified atom stereocenters. The summed E-state index contributed by atoms with van der Waals surface area (Å²) in [7, 11) is -3.75. The third-order valence-electron chi connectivity index (χ3n) is 6.21. The van der Waals surface area contributed by atoms with Gasteiger partial charge in [-0.15, -0.1) is 0 Å². The number of H-pyrrole nitrogens is 1. The molecule has 9 nitrogen and oxygen atoms in total. The Labute approximate surface area is 186 Å². The lowest BCUT2D eigenvalue weighted by molar-refractivity contribution is -0.133. The Morgan fingerprint density at radius 1 is 1.12 bits per heavy atom. The Morgan fingerprint density at radius 2 is 1.84 bits per heavy atom. The fourth-order valence-electron chi connectivity index (χ4n) is 4.53. The molecule has 3 heterocycles. The molecular weight excluding hydrogens is 432 g/mol. The number of fused-ring (bicyclic) bond motifs is 3. The fraction of sp³-hybridized carbons (Fsp3) is 0.318. The van der Waals surface area contributed by atoms with Gasteiger partial charge in [-0.2, -0.15) is 4.55 Å². The fourth-order valence-corrected chi connectivity index (χ4v) is 6.11. The van der Waals surface area contributed by atoms with E-state index in [1.54, 1.807) is 17.6 Å². The monoisotopic (exact) mass is 457 g/mol. The van der Waals surface area contributed by atoms with Crippen LogP contribution >= 0.6 is 0 Å². The molecule has 0 saturated carbocycles. The lowest BCUT2D eigenvalue weighted by Crippen LogP contribution is -2.53. The molecule has 2 aliphatic heterocycles. The number of para-hydroxylation sites is 1. The number of hydrogen-bond donors (Lipinski definition) is 4. The number of carbonyl (C=O) groups excluding carboxylic acids is 1. The molecule has 0 aliphatic carbocycles. The van der Waals surface area contributed by atoms with Gasteiger partial charge in [-0.1, -0.05) is 22.5 Å². The molecule has 1 saturated heterocycles. The highest BCUT2D eigenvalue weighted by Gasteiger charge is 2.49. The summed E-state index contributed by atoms with van der Waals surface area (Å²) in [6, 6.07) is 13.6. The second kappa shape index (κ2) is 8.30. The number of hydrogen-bond acceptors (Lipinski definition) is 5. The number of aromatic nitrogens is 1. The van der Waals surface area contributed by atoms with Gasteiger partial charge >= 0.3 is 10.4 Å². The largest absolute Gasteiger partial charge is 0.378 e. The van der Waals surface area contributed by atoms with Gasteiger partial charge in [-0.05, 0) is 28.0 Å². The number of amides is 1. The average Bonchev–Trinajstić information content (AvgIpc) is 3.21. The van der Waals surface area contributed by atoms with E-state index in [9.17, 15) is 18.8 Å². The minimum atomic E-state index is -3.75. The summed E-state index contributed by atoms with van der Waals surface area (Å²) in [5, 5.41) is 10.3. The highest BCUT2D eigenvalue weighted by Crippen LogP contribution is 2.36. The number of rotatable bonds is 4. The van der Waals surface area contributed by atoms with Gasteiger partial charge in [0.15, 0.2) is 0 Å². The van der Waals surface area contributed by atoms with Crippen LogP contribution in [0, 0.1) is 0 Å². The van der Waals surface area contributed by atoms with Gasteiger partial charge in [0.2, 0.25) is 4.90 Å². The van der Waals surface area contributed by atoms with Crippen molar-refractivity contribution < 1.29 is 23.5 Å². The summed E-state index contributed by atoms with van der Waals surface area (Å²) in [5.74, 6) is -0.715. The summed E-state index contributed by atoms with van der Waals surface area (Å²) >= 11 is 0. The Morgan fingerprint density at radius 3 is 2.56 bits per heavy atom. The second-order valence-electron chi connectivity index (χ2n) is 7.99. The molecule has 1 fully saturated rings. The zero-order chi connectivity index (χ0) is 22.3. The lowest BCUT2D eigenvalue weighted by atomic mass is 9.98.